The van der Waals surface area contributed by atoms with E-state index >= 15 is 0 Å². The van der Waals surface area contributed by atoms with Crippen molar-refractivity contribution in [2.75, 3.05) is 26.2 Å². The van der Waals surface area contributed by atoms with Crippen molar-refractivity contribution >= 4 is 29.7 Å². The molecule has 2 aliphatic heterocycles. The van der Waals surface area contributed by atoms with E-state index in [9.17, 15) is 41.0 Å². The summed E-state index contributed by atoms with van der Waals surface area (Å²) in [6.45, 7) is 1.72. The number of hydrogen-bond donors (Lipinski definition) is 7. The Balaban J connectivity index is 0.000000574. The molecule has 0 aliphatic carbocycles. The van der Waals surface area contributed by atoms with Crippen LogP contribution < -0.4 is 16.4 Å². The van der Waals surface area contributed by atoms with E-state index in [2.05, 4.69) is 22.8 Å². The summed E-state index contributed by atoms with van der Waals surface area (Å²) in [6.07, 6.45) is -7.42. The highest BCUT2D eigenvalue weighted by atomic mass is 19.4. The fourth-order valence-corrected chi connectivity index (χ4v) is 4.14. The van der Waals surface area contributed by atoms with Crippen molar-refractivity contribution in [1.29, 1.82) is 5.41 Å². The van der Waals surface area contributed by atoms with Crippen molar-refractivity contribution in [3.8, 4) is 0 Å². The molecule has 13 nitrogen and oxygen atoms in total. The first-order valence-electron chi connectivity index (χ1n) is 13.1. The molecular weight excluding hydrogens is 610 g/mol. The summed E-state index contributed by atoms with van der Waals surface area (Å²) in [4.78, 5) is 46.0. The van der Waals surface area contributed by atoms with Crippen LogP contribution >= 0.6 is 0 Å². The number of likely N-dealkylation sites (tertiary alicyclic amines) is 2. The van der Waals surface area contributed by atoms with E-state index in [0.29, 0.717) is 26.1 Å². The first kappa shape index (κ1) is 37.9. The predicted molar refractivity (Wildman–Crippen MR) is 141 cm³/mol. The maximum absolute atomic E-state index is 12.8. The van der Waals surface area contributed by atoms with Crippen molar-refractivity contribution in [3.63, 3.8) is 0 Å². The number of carboxylic acid groups (broad SMARTS) is 2. The van der Waals surface area contributed by atoms with E-state index in [1.807, 2.05) is 18.2 Å². The molecule has 44 heavy (non-hydrogen) atoms. The monoisotopic (exact) mass is 644 g/mol. The van der Waals surface area contributed by atoms with Crippen LogP contribution in [0.3, 0.4) is 0 Å². The number of benzene rings is 1. The predicted octanol–water partition coefficient (Wildman–Crippen LogP) is 0.869. The molecule has 19 heteroatoms. The Morgan fingerprint density at radius 3 is 1.98 bits per heavy atom. The average Bonchev–Trinajstić information content (AvgIpc) is 2.92. The van der Waals surface area contributed by atoms with E-state index < -0.39 is 36.6 Å². The molecule has 2 aliphatic rings. The molecule has 0 saturated carbocycles. The van der Waals surface area contributed by atoms with Gasteiger partial charge in [-0.3, -0.25) is 15.0 Å². The van der Waals surface area contributed by atoms with Crippen LogP contribution in [-0.4, -0.2) is 112 Å². The van der Waals surface area contributed by atoms with E-state index in [1.165, 1.54) is 10.5 Å². The van der Waals surface area contributed by atoms with Crippen LogP contribution in [0.2, 0.25) is 0 Å². The molecule has 1 aromatic rings. The number of halogens is 6. The number of aliphatic carboxylic acids is 2. The van der Waals surface area contributed by atoms with Gasteiger partial charge in [0.2, 0.25) is 11.8 Å². The van der Waals surface area contributed by atoms with Gasteiger partial charge < -0.3 is 41.5 Å². The lowest BCUT2D eigenvalue weighted by Crippen LogP contribution is -2.60. The molecule has 1 aromatic carbocycles. The van der Waals surface area contributed by atoms with Crippen molar-refractivity contribution < 1.29 is 60.8 Å². The highest BCUT2D eigenvalue weighted by Crippen LogP contribution is 2.17. The number of aliphatic hydroxyl groups is 1. The molecule has 2 saturated heterocycles. The summed E-state index contributed by atoms with van der Waals surface area (Å²) in [5, 5.41) is 38.2. The lowest BCUT2D eigenvalue weighted by atomic mass is 10.0. The first-order chi connectivity index (χ1) is 20.3. The van der Waals surface area contributed by atoms with Gasteiger partial charge in [0.1, 0.15) is 6.23 Å². The lowest BCUT2D eigenvalue weighted by molar-refractivity contribution is -0.193. The van der Waals surface area contributed by atoms with Crippen molar-refractivity contribution in [2.24, 2.45) is 5.73 Å². The normalized spacial score (nSPS) is 20.3. The summed E-state index contributed by atoms with van der Waals surface area (Å²) in [7, 11) is 0. The minimum atomic E-state index is -5.08. The molecule has 0 bridgehead atoms. The summed E-state index contributed by atoms with van der Waals surface area (Å²) in [5.41, 5.74) is 6.70. The highest BCUT2D eigenvalue weighted by molar-refractivity contribution is 5.88. The Morgan fingerprint density at radius 1 is 0.955 bits per heavy atom. The van der Waals surface area contributed by atoms with E-state index in [0.717, 1.165) is 25.7 Å². The Bertz CT molecular complexity index is 1100. The molecule has 0 aromatic heterocycles. The fourth-order valence-electron chi connectivity index (χ4n) is 4.14. The molecular formula is C25H34F6N6O7. The number of rotatable bonds is 7. The van der Waals surface area contributed by atoms with Gasteiger partial charge in [-0.25, -0.2) is 9.59 Å². The van der Waals surface area contributed by atoms with E-state index in [1.54, 1.807) is 4.90 Å². The number of piperidine rings is 2. The van der Waals surface area contributed by atoms with Crippen molar-refractivity contribution in [2.45, 2.75) is 62.8 Å². The highest BCUT2D eigenvalue weighted by Gasteiger charge is 2.39. The summed E-state index contributed by atoms with van der Waals surface area (Å²) in [6, 6.07) is 9.33. The number of carbonyl (C=O) groups excluding carboxylic acids is 2. The van der Waals surface area contributed by atoms with Crippen LogP contribution in [0.1, 0.15) is 31.2 Å². The minimum Gasteiger partial charge on any atom is -0.475 e. The number of carbonyl (C=O) groups is 4. The molecule has 248 valence electrons. The summed E-state index contributed by atoms with van der Waals surface area (Å²) >= 11 is 0. The zero-order valence-electron chi connectivity index (χ0n) is 23.2. The molecule has 2 fully saturated rings. The number of alkyl halides is 6. The van der Waals surface area contributed by atoms with Crippen LogP contribution in [0.5, 0.6) is 0 Å². The van der Waals surface area contributed by atoms with Crippen LogP contribution in [-0.2, 0) is 25.6 Å². The lowest BCUT2D eigenvalue weighted by Gasteiger charge is -2.39. The number of carboxylic acids is 2. The third kappa shape index (κ3) is 13.4. The maximum Gasteiger partial charge on any atom is 0.490 e. The molecule has 0 radical (unpaired) electrons. The number of nitrogens with two attached hydrogens (primary N) is 1. The van der Waals surface area contributed by atoms with Crippen LogP contribution in [0, 0.1) is 5.41 Å². The molecule has 2 amide bonds. The van der Waals surface area contributed by atoms with Gasteiger partial charge in [-0.05, 0) is 44.2 Å². The standard InChI is InChI=1S/C21H32N6O3.2C2HF3O2/c22-21(23)27-13-5-9-17(20(27)30)25-18(28)14-26-12-4-8-16(19(26)29)24-11-10-15-6-2-1-3-7-15;2*3-2(4,5)1(6)7/h1-3,6-7,16-17,20,24,30H,4-5,8-14H2,(H3,22,23)(H,25,28);2*(H,6,7)/t16-,17-,20?;;/m1../s1. The summed E-state index contributed by atoms with van der Waals surface area (Å²) < 4.78 is 63.5. The Hall–Kier alpha value is -4.13. The smallest absolute Gasteiger partial charge is 0.475 e. The number of nitrogens with one attached hydrogen (secondary N) is 3. The Labute approximate surface area is 247 Å². The van der Waals surface area contributed by atoms with Gasteiger partial charge in [0.15, 0.2) is 5.96 Å². The number of nitrogens with zero attached hydrogens (tertiary/aromatic N) is 2. The average molecular weight is 645 g/mol. The largest absolute Gasteiger partial charge is 0.490 e. The van der Waals surface area contributed by atoms with Gasteiger partial charge in [0, 0.05) is 13.1 Å². The summed E-state index contributed by atoms with van der Waals surface area (Å²) in [5.74, 6) is -6.08. The Kier molecular flexibility index (Phi) is 14.8. The zero-order valence-corrected chi connectivity index (χ0v) is 23.2. The van der Waals surface area contributed by atoms with Crippen molar-refractivity contribution in [1.82, 2.24) is 20.4 Å². The third-order valence-electron chi connectivity index (χ3n) is 6.25. The molecule has 3 atom stereocenters. The number of guanidine groups is 1. The first-order valence-corrected chi connectivity index (χ1v) is 13.1. The van der Waals surface area contributed by atoms with Gasteiger partial charge >= 0.3 is 24.3 Å². The molecule has 1 unspecified atom stereocenters. The molecule has 3 rings (SSSR count). The van der Waals surface area contributed by atoms with Crippen LogP contribution in [0.25, 0.3) is 0 Å². The number of amides is 2. The van der Waals surface area contributed by atoms with Gasteiger partial charge in [-0.15, -0.1) is 0 Å². The SMILES string of the molecule is N=C(N)N1CCC[C@@H](NC(=O)CN2CCC[C@@H](NCCc3ccccc3)C2=O)C1O.O=C(O)C(F)(F)F.O=C(O)C(F)(F)F. The van der Waals surface area contributed by atoms with Crippen LogP contribution in [0.4, 0.5) is 26.3 Å². The molecule has 0 spiro atoms. The Morgan fingerprint density at radius 2 is 1.48 bits per heavy atom. The van der Waals surface area contributed by atoms with Crippen molar-refractivity contribution in [3.05, 3.63) is 35.9 Å². The maximum atomic E-state index is 12.8. The fraction of sp³-hybridized carbons (Fsp3) is 0.560. The van der Waals surface area contributed by atoms with Gasteiger partial charge in [-0.2, -0.15) is 26.3 Å². The number of aliphatic hydroxyl groups excluding tert-OH is 1. The van der Waals surface area contributed by atoms with E-state index in [4.69, 9.17) is 30.9 Å². The molecule has 8 N–H and O–H groups in total. The quantitative estimate of drug-likeness (QED) is 0.127. The second-order valence-electron chi connectivity index (χ2n) is 9.56. The molecule has 2 heterocycles. The van der Waals surface area contributed by atoms with Gasteiger partial charge in [0.05, 0.1) is 18.6 Å². The van der Waals surface area contributed by atoms with Gasteiger partial charge in [0.25, 0.3) is 0 Å². The second kappa shape index (κ2) is 17.2. The van der Waals surface area contributed by atoms with Gasteiger partial charge in [-0.1, -0.05) is 30.3 Å². The third-order valence-corrected chi connectivity index (χ3v) is 6.25. The topological polar surface area (TPSA) is 209 Å². The van der Waals surface area contributed by atoms with Crippen LogP contribution in [0.15, 0.2) is 30.3 Å². The second-order valence-corrected chi connectivity index (χ2v) is 9.56. The number of hydrogen-bond acceptors (Lipinski definition) is 7. The zero-order chi connectivity index (χ0) is 33.7. The van der Waals surface area contributed by atoms with E-state index in [-0.39, 0.29) is 30.4 Å². The minimum absolute atomic E-state index is 0.0288.